The summed E-state index contributed by atoms with van der Waals surface area (Å²) in [6, 6.07) is 45.2. The van der Waals surface area contributed by atoms with Crippen LogP contribution in [0.15, 0.2) is 144 Å². The molecule has 5 N–H and O–H groups in total. The minimum absolute atomic E-state index is 0.0374. The highest BCUT2D eigenvalue weighted by Crippen LogP contribution is 2.45. The number of aromatic nitrogens is 1. The van der Waals surface area contributed by atoms with Crippen LogP contribution in [0.25, 0.3) is 10.9 Å². The first-order valence-electron chi connectivity index (χ1n) is 22.8. The topological polar surface area (TPSA) is 148 Å². The predicted octanol–water partition coefficient (Wildman–Crippen LogP) is 6.75. The lowest BCUT2D eigenvalue weighted by Gasteiger charge is -2.41. The number of likely N-dealkylation sites (tertiary alicyclic amines) is 1. The number of nitrogens with zero attached hydrogens (tertiary/aromatic N) is 1. The maximum atomic E-state index is 13.5. The molecule has 7 rings (SSSR count). The van der Waals surface area contributed by atoms with Crippen molar-refractivity contribution in [2.45, 2.75) is 70.6 Å². The maximum Gasteiger partial charge on any atom is 0.248 e. The zero-order valence-electron chi connectivity index (χ0n) is 38.1. The van der Waals surface area contributed by atoms with Gasteiger partial charge < -0.3 is 39.8 Å². The molecule has 0 radical (unpaired) electrons. The third kappa shape index (κ3) is 11.1. The molecule has 2 heterocycles. The van der Waals surface area contributed by atoms with E-state index in [-0.39, 0.29) is 35.5 Å². The molecule has 13 heteroatoms. The standard InChI is InChI=1S/C52H63N5O6Si2/c1-51(2,50(62-64-3)63-65-4)44(42-24-26-45(48-43(42)25-27-46(58)56-48)61-35-37-14-8-5-9-15-37)33-54-32-36-20-22-41(23-21-36)55-47(59)29-31-57-30-28-40(34-57)52(49(53)60,38-16-10-6-11-17-38)39-18-12-7-13-19-39/h5-27,40,44,50,54H,28-35,64-65H2,1-4H3,(H2,53,60)(H,55,59)(H,56,58)/t40-,44-/m1/s1. The number of H-pyrrole nitrogens is 1. The van der Waals surface area contributed by atoms with Gasteiger partial charge in [-0.15, -0.1) is 0 Å². The number of carbonyl (C=O) groups is 2. The normalized spacial score (nSPS) is 15.8. The van der Waals surface area contributed by atoms with Crippen LogP contribution in [-0.4, -0.2) is 73.7 Å². The lowest BCUT2D eigenvalue weighted by molar-refractivity contribution is -0.124. The van der Waals surface area contributed by atoms with Crippen molar-refractivity contribution in [3.8, 4) is 5.75 Å². The molecule has 2 amide bonds. The Kier molecular flexibility index (Phi) is 16.0. The lowest BCUT2D eigenvalue weighted by Crippen LogP contribution is -2.49. The van der Waals surface area contributed by atoms with Crippen molar-refractivity contribution in [2.75, 3.05) is 31.5 Å². The molecule has 0 saturated carbocycles. The van der Waals surface area contributed by atoms with Gasteiger partial charge >= 0.3 is 0 Å². The maximum absolute atomic E-state index is 13.5. The summed E-state index contributed by atoms with van der Waals surface area (Å²) < 4.78 is 19.1. The molecule has 0 bridgehead atoms. The van der Waals surface area contributed by atoms with Crippen LogP contribution in [0, 0.1) is 11.3 Å². The lowest BCUT2D eigenvalue weighted by atomic mass is 9.64. The van der Waals surface area contributed by atoms with E-state index in [0.29, 0.717) is 50.5 Å². The van der Waals surface area contributed by atoms with E-state index < -0.39 is 30.4 Å². The largest absolute Gasteiger partial charge is 0.487 e. The summed E-state index contributed by atoms with van der Waals surface area (Å²) in [7, 11) is -1.56. The number of nitrogens with two attached hydrogens (primary N) is 1. The van der Waals surface area contributed by atoms with Gasteiger partial charge in [0.1, 0.15) is 24.1 Å². The van der Waals surface area contributed by atoms with E-state index in [2.05, 4.69) is 53.5 Å². The minimum Gasteiger partial charge on any atom is -0.487 e. The number of amides is 2. The molecule has 2 atom stereocenters. The number of aromatic amines is 1. The van der Waals surface area contributed by atoms with Gasteiger partial charge in [-0.2, -0.15) is 0 Å². The third-order valence-electron chi connectivity index (χ3n) is 12.9. The first-order valence-corrected chi connectivity index (χ1v) is 26.8. The van der Waals surface area contributed by atoms with Crippen LogP contribution < -0.4 is 26.7 Å². The molecule has 1 aliphatic heterocycles. The molecule has 1 saturated heterocycles. The van der Waals surface area contributed by atoms with Gasteiger partial charge in [0.05, 0.1) is 5.52 Å². The number of ether oxygens (including phenoxy) is 1. The van der Waals surface area contributed by atoms with E-state index in [4.69, 9.17) is 19.3 Å². The first kappa shape index (κ1) is 47.3. The molecule has 6 aromatic rings. The Labute approximate surface area is 387 Å². The smallest absolute Gasteiger partial charge is 0.248 e. The molecule has 65 heavy (non-hydrogen) atoms. The molecule has 340 valence electrons. The van der Waals surface area contributed by atoms with Crippen molar-refractivity contribution in [1.29, 1.82) is 0 Å². The molecule has 0 spiro atoms. The van der Waals surface area contributed by atoms with Crippen molar-refractivity contribution < 1.29 is 23.2 Å². The molecular formula is C52H63N5O6Si2. The fraction of sp³-hybridized carbons (Fsp3) is 0.327. The number of primary amides is 1. The Balaban J connectivity index is 0.995. The van der Waals surface area contributed by atoms with Crippen LogP contribution in [0.2, 0.25) is 13.1 Å². The Morgan fingerprint density at radius 1 is 0.815 bits per heavy atom. The Bertz CT molecular complexity index is 2500. The second-order valence-corrected chi connectivity index (χ2v) is 19.3. The van der Waals surface area contributed by atoms with Crippen LogP contribution in [0.5, 0.6) is 5.75 Å². The molecule has 1 aromatic heterocycles. The summed E-state index contributed by atoms with van der Waals surface area (Å²) in [4.78, 5) is 44.8. The number of pyridine rings is 1. The van der Waals surface area contributed by atoms with Gasteiger partial charge in [-0.1, -0.05) is 136 Å². The van der Waals surface area contributed by atoms with Crippen molar-refractivity contribution in [1.82, 2.24) is 15.2 Å². The zero-order chi connectivity index (χ0) is 45.8. The number of benzene rings is 5. The summed E-state index contributed by atoms with van der Waals surface area (Å²) in [5, 5.41) is 7.72. The van der Waals surface area contributed by atoms with Crippen molar-refractivity contribution in [3.63, 3.8) is 0 Å². The van der Waals surface area contributed by atoms with Gasteiger partial charge in [-0.25, -0.2) is 0 Å². The van der Waals surface area contributed by atoms with Gasteiger partial charge in [0.25, 0.3) is 0 Å². The zero-order valence-corrected chi connectivity index (χ0v) is 40.9. The monoisotopic (exact) mass is 909 g/mol. The van der Waals surface area contributed by atoms with E-state index in [1.807, 2.05) is 127 Å². The van der Waals surface area contributed by atoms with Gasteiger partial charge in [-0.3, -0.25) is 14.4 Å². The SMILES string of the molecule is C[SiH2]OC(O[SiH2]C)C(C)(C)[C@H](CNCc1ccc(NC(=O)CCN2CC[C@@H](C(C(N)=O)(c3ccccc3)c3ccccc3)C2)cc1)c1ccc(OCc2ccccc2)c2[nH]c(=O)ccc12. The molecule has 0 aliphatic carbocycles. The number of hydrogen-bond donors (Lipinski definition) is 4. The van der Waals surface area contributed by atoms with E-state index in [9.17, 15) is 14.4 Å². The number of nitrogens with one attached hydrogen (secondary N) is 3. The summed E-state index contributed by atoms with van der Waals surface area (Å²) in [6.07, 6.45) is 0.751. The van der Waals surface area contributed by atoms with E-state index >= 15 is 0 Å². The molecule has 0 unspecified atom stereocenters. The summed E-state index contributed by atoms with van der Waals surface area (Å²) in [5.41, 5.74) is 11.1. The third-order valence-corrected chi connectivity index (χ3v) is 14.2. The average molecular weight is 910 g/mol. The van der Waals surface area contributed by atoms with Crippen LogP contribution >= 0.6 is 0 Å². The average Bonchev–Trinajstić information content (AvgIpc) is 3.79. The van der Waals surface area contributed by atoms with Crippen LogP contribution in [-0.2, 0) is 37.0 Å². The molecule has 5 aromatic carbocycles. The molecule has 1 aliphatic rings. The summed E-state index contributed by atoms with van der Waals surface area (Å²) >= 11 is 0. The number of fused-ring (bicyclic) bond motifs is 1. The molecular weight excluding hydrogens is 847 g/mol. The highest BCUT2D eigenvalue weighted by Gasteiger charge is 2.49. The second-order valence-electron chi connectivity index (χ2n) is 17.5. The number of rotatable bonds is 22. The van der Waals surface area contributed by atoms with Gasteiger partial charge in [0, 0.05) is 61.1 Å². The molecule has 11 nitrogen and oxygen atoms in total. The fourth-order valence-corrected chi connectivity index (χ4v) is 11.4. The predicted molar refractivity (Wildman–Crippen MR) is 265 cm³/mol. The van der Waals surface area contributed by atoms with E-state index in [0.717, 1.165) is 51.9 Å². The Morgan fingerprint density at radius 2 is 1.45 bits per heavy atom. The van der Waals surface area contributed by atoms with Gasteiger partial charge in [0.2, 0.25) is 17.4 Å². The van der Waals surface area contributed by atoms with Crippen molar-refractivity contribution in [3.05, 3.63) is 178 Å². The Morgan fingerprint density at radius 3 is 2.06 bits per heavy atom. The number of carbonyl (C=O) groups excluding carboxylic acids is 2. The first-order chi connectivity index (χ1) is 31.5. The van der Waals surface area contributed by atoms with Crippen LogP contribution in [0.1, 0.15) is 60.4 Å². The Hall–Kier alpha value is -5.68. The van der Waals surface area contributed by atoms with Crippen LogP contribution in [0.3, 0.4) is 0 Å². The van der Waals surface area contributed by atoms with E-state index in [1.165, 1.54) is 0 Å². The highest BCUT2D eigenvalue weighted by atomic mass is 28.2. The number of anilines is 1. The highest BCUT2D eigenvalue weighted by molar-refractivity contribution is 6.26. The van der Waals surface area contributed by atoms with Gasteiger partial charge in [0.15, 0.2) is 19.5 Å². The summed E-state index contributed by atoms with van der Waals surface area (Å²) in [5.74, 6) is 0.0878. The molecule has 1 fully saturated rings. The fourth-order valence-electron chi connectivity index (χ4n) is 9.59. The number of hydrogen-bond acceptors (Lipinski definition) is 8. The van der Waals surface area contributed by atoms with E-state index in [1.54, 1.807) is 6.07 Å². The van der Waals surface area contributed by atoms with Crippen LogP contribution in [0.4, 0.5) is 5.69 Å². The quantitative estimate of drug-likeness (QED) is 0.0432. The van der Waals surface area contributed by atoms with Crippen molar-refractivity contribution in [2.24, 2.45) is 17.1 Å². The van der Waals surface area contributed by atoms with Gasteiger partial charge in [-0.05, 0) is 71.0 Å². The summed E-state index contributed by atoms with van der Waals surface area (Å²) in [6.45, 7) is 12.3. The second kappa shape index (κ2) is 22.0. The minimum atomic E-state index is -0.967. The van der Waals surface area contributed by atoms with Crippen molar-refractivity contribution >= 4 is 47.9 Å².